The molecule has 0 aromatic heterocycles. The van der Waals surface area contributed by atoms with E-state index in [9.17, 15) is 0 Å². The van der Waals surface area contributed by atoms with E-state index in [4.69, 9.17) is 9.47 Å². The Hall–Kier alpha value is -1.18. The number of hydrogen-bond acceptors (Lipinski definition) is 2. The third-order valence-corrected chi connectivity index (χ3v) is 2.83. The van der Waals surface area contributed by atoms with Crippen LogP contribution < -0.4 is 0 Å². The fourth-order valence-electron chi connectivity index (χ4n) is 1.53. The molecule has 1 heterocycles. The lowest BCUT2D eigenvalue weighted by molar-refractivity contribution is 0.0771. The summed E-state index contributed by atoms with van der Waals surface area (Å²) in [6.45, 7) is 9.69. The SMILES string of the molecule is CC.CCC1(C)C=CC2=C(C=C1)OCCO2. The van der Waals surface area contributed by atoms with Crippen molar-refractivity contribution >= 4 is 0 Å². The largest absolute Gasteiger partial charge is 0.486 e. The Bertz CT molecular complexity index is 285. The van der Waals surface area contributed by atoms with Crippen LogP contribution in [0.2, 0.25) is 0 Å². The molecule has 0 spiro atoms. The Morgan fingerprint density at radius 3 is 1.88 bits per heavy atom. The highest BCUT2D eigenvalue weighted by atomic mass is 16.6. The summed E-state index contributed by atoms with van der Waals surface area (Å²) in [6.07, 6.45) is 9.50. The van der Waals surface area contributed by atoms with Crippen molar-refractivity contribution in [3.63, 3.8) is 0 Å². The molecule has 0 unspecified atom stereocenters. The van der Waals surface area contributed by atoms with Gasteiger partial charge in [-0.25, -0.2) is 0 Å². The average molecular weight is 222 g/mol. The molecule has 0 aromatic carbocycles. The van der Waals surface area contributed by atoms with Crippen molar-refractivity contribution in [1.29, 1.82) is 0 Å². The van der Waals surface area contributed by atoms with Crippen LogP contribution in [0.5, 0.6) is 0 Å². The van der Waals surface area contributed by atoms with Crippen molar-refractivity contribution in [3.05, 3.63) is 35.8 Å². The molecular weight excluding hydrogens is 200 g/mol. The molecule has 2 nitrogen and oxygen atoms in total. The van der Waals surface area contributed by atoms with Crippen LogP contribution in [0, 0.1) is 5.41 Å². The van der Waals surface area contributed by atoms with Crippen LogP contribution in [0.1, 0.15) is 34.1 Å². The molecule has 0 saturated carbocycles. The van der Waals surface area contributed by atoms with Gasteiger partial charge in [0.1, 0.15) is 13.2 Å². The van der Waals surface area contributed by atoms with E-state index < -0.39 is 0 Å². The molecule has 2 heteroatoms. The van der Waals surface area contributed by atoms with Crippen molar-refractivity contribution in [2.24, 2.45) is 5.41 Å². The van der Waals surface area contributed by atoms with Crippen molar-refractivity contribution in [3.8, 4) is 0 Å². The van der Waals surface area contributed by atoms with Gasteiger partial charge in [-0.1, -0.05) is 39.8 Å². The highest BCUT2D eigenvalue weighted by Crippen LogP contribution is 2.30. The third-order valence-electron chi connectivity index (χ3n) is 2.83. The van der Waals surface area contributed by atoms with E-state index in [-0.39, 0.29) is 5.41 Å². The average Bonchev–Trinajstić information content (AvgIpc) is 2.53. The summed E-state index contributed by atoms with van der Waals surface area (Å²) in [5.41, 5.74) is 0.129. The number of ether oxygens (including phenoxy) is 2. The summed E-state index contributed by atoms with van der Waals surface area (Å²) in [5.74, 6) is 1.73. The van der Waals surface area contributed by atoms with Gasteiger partial charge in [-0.3, -0.25) is 0 Å². The summed E-state index contributed by atoms with van der Waals surface area (Å²) in [6, 6.07) is 0. The summed E-state index contributed by atoms with van der Waals surface area (Å²) in [5, 5.41) is 0. The molecule has 1 aliphatic carbocycles. The zero-order valence-corrected chi connectivity index (χ0v) is 10.7. The molecule has 0 atom stereocenters. The smallest absolute Gasteiger partial charge is 0.161 e. The van der Waals surface area contributed by atoms with E-state index in [0.717, 1.165) is 17.9 Å². The minimum Gasteiger partial charge on any atom is -0.486 e. The molecule has 0 saturated heterocycles. The Labute approximate surface area is 98.6 Å². The van der Waals surface area contributed by atoms with Crippen LogP contribution in [-0.4, -0.2) is 13.2 Å². The van der Waals surface area contributed by atoms with Gasteiger partial charge in [0, 0.05) is 5.41 Å². The second-order valence-electron chi connectivity index (χ2n) is 3.95. The van der Waals surface area contributed by atoms with Crippen LogP contribution >= 0.6 is 0 Å². The fraction of sp³-hybridized carbons (Fsp3) is 0.571. The minimum atomic E-state index is 0.129. The van der Waals surface area contributed by atoms with E-state index in [1.54, 1.807) is 0 Å². The first-order chi connectivity index (χ1) is 7.73. The zero-order chi connectivity index (χ0) is 12.0. The summed E-state index contributed by atoms with van der Waals surface area (Å²) in [4.78, 5) is 0. The lowest BCUT2D eigenvalue weighted by atomic mass is 9.87. The van der Waals surface area contributed by atoms with Gasteiger partial charge in [0.2, 0.25) is 0 Å². The number of hydrogen-bond donors (Lipinski definition) is 0. The normalized spacial score (nSPS) is 21.0. The van der Waals surface area contributed by atoms with E-state index >= 15 is 0 Å². The monoisotopic (exact) mass is 222 g/mol. The Morgan fingerprint density at radius 1 is 1.06 bits per heavy atom. The predicted octanol–water partition coefficient (Wildman–Crippen LogP) is 3.81. The predicted molar refractivity (Wildman–Crippen MR) is 67.0 cm³/mol. The van der Waals surface area contributed by atoms with Gasteiger partial charge < -0.3 is 9.47 Å². The molecule has 16 heavy (non-hydrogen) atoms. The molecule has 0 aromatic rings. The molecular formula is C14H22O2. The topological polar surface area (TPSA) is 18.5 Å². The van der Waals surface area contributed by atoms with Gasteiger partial charge in [0.15, 0.2) is 11.5 Å². The first-order valence-electron chi connectivity index (χ1n) is 6.12. The maximum Gasteiger partial charge on any atom is 0.161 e. The van der Waals surface area contributed by atoms with Crippen LogP contribution in [0.4, 0.5) is 0 Å². The quantitative estimate of drug-likeness (QED) is 0.671. The van der Waals surface area contributed by atoms with Gasteiger partial charge in [-0.05, 0) is 18.6 Å². The zero-order valence-electron chi connectivity index (χ0n) is 10.7. The van der Waals surface area contributed by atoms with Crippen LogP contribution in [0.25, 0.3) is 0 Å². The van der Waals surface area contributed by atoms with Crippen LogP contribution in [-0.2, 0) is 9.47 Å². The standard InChI is InChI=1S/C12H16O2.C2H6/c1-3-12(2)6-4-10-11(5-7-12)14-9-8-13-10;1-2/h4-7H,3,8-9H2,1-2H3;1-2H3. The Morgan fingerprint density at radius 2 is 1.50 bits per heavy atom. The molecule has 0 bridgehead atoms. The minimum absolute atomic E-state index is 0.129. The highest BCUT2D eigenvalue weighted by molar-refractivity contribution is 5.32. The van der Waals surface area contributed by atoms with E-state index in [2.05, 4.69) is 26.0 Å². The Kier molecular flexibility index (Phi) is 4.66. The van der Waals surface area contributed by atoms with Crippen molar-refractivity contribution < 1.29 is 9.47 Å². The molecule has 0 N–H and O–H groups in total. The number of rotatable bonds is 1. The van der Waals surface area contributed by atoms with Gasteiger partial charge in [-0.2, -0.15) is 0 Å². The maximum absolute atomic E-state index is 5.52. The van der Waals surface area contributed by atoms with E-state index in [0.29, 0.717) is 13.2 Å². The lowest BCUT2D eigenvalue weighted by Crippen LogP contribution is -2.11. The summed E-state index contributed by atoms with van der Waals surface area (Å²) in [7, 11) is 0. The molecule has 1 aliphatic heterocycles. The van der Waals surface area contributed by atoms with E-state index in [1.165, 1.54) is 0 Å². The van der Waals surface area contributed by atoms with Crippen LogP contribution in [0.15, 0.2) is 35.8 Å². The van der Waals surface area contributed by atoms with Gasteiger partial charge in [0.05, 0.1) is 0 Å². The molecule has 0 fully saturated rings. The van der Waals surface area contributed by atoms with Crippen molar-refractivity contribution in [2.45, 2.75) is 34.1 Å². The highest BCUT2D eigenvalue weighted by Gasteiger charge is 2.20. The lowest BCUT2D eigenvalue weighted by Gasteiger charge is -2.17. The summed E-state index contributed by atoms with van der Waals surface area (Å²) < 4.78 is 11.0. The third kappa shape index (κ3) is 2.91. The molecule has 0 radical (unpaired) electrons. The van der Waals surface area contributed by atoms with Gasteiger partial charge in [0.25, 0.3) is 0 Å². The Balaban J connectivity index is 0.000000606. The molecule has 90 valence electrons. The maximum atomic E-state index is 5.52. The second-order valence-corrected chi connectivity index (χ2v) is 3.95. The molecule has 2 rings (SSSR count). The molecule has 0 amide bonds. The second kappa shape index (κ2) is 5.78. The number of allylic oxidation sites excluding steroid dienone is 4. The van der Waals surface area contributed by atoms with Gasteiger partial charge in [-0.15, -0.1) is 0 Å². The summed E-state index contributed by atoms with van der Waals surface area (Å²) >= 11 is 0. The van der Waals surface area contributed by atoms with Crippen LogP contribution in [0.3, 0.4) is 0 Å². The fourth-order valence-corrected chi connectivity index (χ4v) is 1.53. The first-order valence-corrected chi connectivity index (χ1v) is 6.12. The molecule has 2 aliphatic rings. The van der Waals surface area contributed by atoms with E-state index in [1.807, 2.05) is 26.0 Å². The van der Waals surface area contributed by atoms with Crippen molar-refractivity contribution in [2.75, 3.05) is 13.2 Å². The first kappa shape index (κ1) is 12.9. The van der Waals surface area contributed by atoms with Gasteiger partial charge >= 0.3 is 0 Å². The van der Waals surface area contributed by atoms with Crippen molar-refractivity contribution in [1.82, 2.24) is 0 Å².